The number of anilines is 2. The average molecular weight is 560 g/mol. The highest BCUT2D eigenvalue weighted by atomic mass is 35.5. The number of ether oxygens (including phenoxy) is 1. The Morgan fingerprint density at radius 2 is 2.00 bits per heavy atom. The monoisotopic (exact) mass is 559 g/mol. The molecule has 0 spiro atoms. The van der Waals surface area contributed by atoms with Crippen molar-refractivity contribution in [3.8, 4) is 0 Å². The van der Waals surface area contributed by atoms with Gasteiger partial charge in [0, 0.05) is 6.42 Å². The van der Waals surface area contributed by atoms with Crippen molar-refractivity contribution >= 4 is 55.8 Å². The molecule has 7 nitrogen and oxygen atoms in total. The number of nitrogens with zero attached hydrogens (tertiary/aromatic N) is 2. The fraction of sp³-hybridized carbons (Fsp3) is 0.464. The number of carboxylic acid groups (broad SMARTS) is 1. The van der Waals surface area contributed by atoms with Crippen LogP contribution in [0.4, 0.5) is 15.2 Å². The molecule has 0 unspecified atom stereocenters. The molecule has 202 valence electrons. The van der Waals surface area contributed by atoms with E-state index in [1.807, 2.05) is 31.2 Å². The number of likely N-dealkylation sites (tertiary alicyclic amines) is 1. The lowest BCUT2D eigenvalue weighted by Crippen LogP contribution is -2.40. The molecule has 38 heavy (non-hydrogen) atoms. The molecule has 10 heteroatoms. The van der Waals surface area contributed by atoms with E-state index in [1.165, 1.54) is 5.56 Å². The SMILES string of the molecule is Cc1ccc2nc(Nc3ccc(CC(=O)N4C[C@@H](F)C[C@H]4CO[C@H]4CC[C@H](C(=O)O)CC4)cc3Cl)sc2c1. The molecule has 2 heterocycles. The summed E-state index contributed by atoms with van der Waals surface area (Å²) in [7, 11) is 0. The van der Waals surface area contributed by atoms with Crippen molar-refractivity contribution in [2.45, 2.75) is 63.8 Å². The summed E-state index contributed by atoms with van der Waals surface area (Å²) in [6.07, 6.45) is 1.77. The maximum atomic E-state index is 14.3. The standard InChI is InChI=1S/C28H31ClFN3O4S/c1-16-2-8-24-25(10-16)38-28(32-24)31-23-9-3-17(11-22(23)29)12-26(34)33-14-19(30)13-20(33)15-37-21-6-4-18(5-7-21)27(35)36/h2-3,8-11,18-21H,4-7,12-15H2,1H3,(H,31,32)(H,35,36)/t18-,19-,20-,21-/m0/s1. The molecule has 1 amide bonds. The van der Waals surface area contributed by atoms with Crippen LogP contribution in [-0.4, -0.2) is 58.3 Å². The normalized spacial score (nSPS) is 23.6. The highest BCUT2D eigenvalue weighted by molar-refractivity contribution is 7.22. The number of carbonyl (C=O) groups is 2. The summed E-state index contributed by atoms with van der Waals surface area (Å²) >= 11 is 8.08. The number of aromatic nitrogens is 1. The fourth-order valence-electron chi connectivity index (χ4n) is 5.29. The van der Waals surface area contributed by atoms with Gasteiger partial charge in [-0.15, -0.1) is 0 Å². The molecular weight excluding hydrogens is 529 g/mol. The molecule has 0 bridgehead atoms. The van der Waals surface area contributed by atoms with Crippen molar-refractivity contribution in [1.29, 1.82) is 0 Å². The van der Waals surface area contributed by atoms with Gasteiger partial charge in [0.15, 0.2) is 5.13 Å². The Morgan fingerprint density at radius 1 is 1.21 bits per heavy atom. The van der Waals surface area contributed by atoms with E-state index in [4.69, 9.17) is 21.4 Å². The summed E-state index contributed by atoms with van der Waals surface area (Å²) in [4.78, 5) is 30.5. The van der Waals surface area contributed by atoms with Gasteiger partial charge in [-0.25, -0.2) is 9.37 Å². The van der Waals surface area contributed by atoms with Crippen LogP contribution in [-0.2, 0) is 20.7 Å². The zero-order chi connectivity index (χ0) is 26.8. The van der Waals surface area contributed by atoms with Gasteiger partial charge in [0.2, 0.25) is 5.91 Å². The van der Waals surface area contributed by atoms with Crippen LogP contribution in [0.25, 0.3) is 10.2 Å². The Bertz CT molecular complexity index is 1330. The molecule has 2 fully saturated rings. The number of amides is 1. The Morgan fingerprint density at radius 3 is 2.74 bits per heavy atom. The summed E-state index contributed by atoms with van der Waals surface area (Å²) in [5.41, 5.74) is 3.55. The van der Waals surface area contributed by atoms with Crippen molar-refractivity contribution in [1.82, 2.24) is 9.88 Å². The van der Waals surface area contributed by atoms with Crippen LogP contribution in [0, 0.1) is 12.8 Å². The highest BCUT2D eigenvalue weighted by Gasteiger charge is 2.36. The number of rotatable bonds is 8. The summed E-state index contributed by atoms with van der Waals surface area (Å²) in [6.45, 7) is 2.37. The minimum absolute atomic E-state index is 0.0421. The predicted molar refractivity (Wildman–Crippen MR) is 147 cm³/mol. The van der Waals surface area contributed by atoms with Gasteiger partial charge >= 0.3 is 5.97 Å². The van der Waals surface area contributed by atoms with Crippen LogP contribution in [0.5, 0.6) is 0 Å². The van der Waals surface area contributed by atoms with Gasteiger partial charge in [-0.1, -0.05) is 35.1 Å². The van der Waals surface area contributed by atoms with Gasteiger partial charge in [-0.3, -0.25) is 9.59 Å². The van der Waals surface area contributed by atoms with Crippen molar-refractivity contribution in [3.63, 3.8) is 0 Å². The molecule has 2 N–H and O–H groups in total. The first-order chi connectivity index (χ1) is 18.2. The zero-order valence-corrected chi connectivity index (χ0v) is 22.7. The number of benzene rings is 2. The lowest BCUT2D eigenvalue weighted by molar-refractivity contribution is -0.144. The summed E-state index contributed by atoms with van der Waals surface area (Å²) < 4.78 is 21.4. The lowest BCUT2D eigenvalue weighted by Gasteiger charge is -2.29. The van der Waals surface area contributed by atoms with E-state index in [9.17, 15) is 14.0 Å². The minimum Gasteiger partial charge on any atom is -0.481 e. The van der Waals surface area contributed by atoms with Gasteiger partial charge < -0.3 is 20.1 Å². The lowest BCUT2D eigenvalue weighted by atomic mass is 9.87. The van der Waals surface area contributed by atoms with E-state index in [0.717, 1.165) is 20.9 Å². The largest absolute Gasteiger partial charge is 0.481 e. The Hall–Kier alpha value is -2.75. The first-order valence-electron chi connectivity index (χ1n) is 13.0. The van der Waals surface area contributed by atoms with E-state index in [1.54, 1.807) is 22.3 Å². The van der Waals surface area contributed by atoms with Gasteiger partial charge in [0.25, 0.3) is 0 Å². The Kier molecular flexibility index (Phi) is 8.16. The third-order valence-electron chi connectivity index (χ3n) is 7.41. The van der Waals surface area contributed by atoms with Crippen LogP contribution in [0.15, 0.2) is 36.4 Å². The number of aliphatic carboxylic acids is 1. The molecule has 3 aromatic rings. The molecule has 1 aromatic heterocycles. The van der Waals surface area contributed by atoms with Gasteiger partial charge in [-0.2, -0.15) is 0 Å². The number of carbonyl (C=O) groups excluding carboxylic acids is 1. The van der Waals surface area contributed by atoms with Crippen LogP contribution in [0.3, 0.4) is 0 Å². The van der Waals surface area contributed by atoms with E-state index in [0.29, 0.717) is 36.4 Å². The fourth-order valence-corrected chi connectivity index (χ4v) is 6.52. The summed E-state index contributed by atoms with van der Waals surface area (Å²) in [6, 6.07) is 11.2. The van der Waals surface area contributed by atoms with E-state index in [2.05, 4.69) is 16.4 Å². The molecule has 2 atom stereocenters. The number of nitrogens with one attached hydrogen (secondary N) is 1. The first kappa shape index (κ1) is 26.8. The van der Waals surface area contributed by atoms with Crippen molar-refractivity contribution in [2.75, 3.05) is 18.5 Å². The smallest absolute Gasteiger partial charge is 0.306 e. The second kappa shape index (κ2) is 11.6. The average Bonchev–Trinajstić information content (AvgIpc) is 3.46. The number of fused-ring (bicyclic) bond motifs is 1. The number of hydrogen-bond acceptors (Lipinski definition) is 6. The van der Waals surface area contributed by atoms with E-state index >= 15 is 0 Å². The van der Waals surface area contributed by atoms with Crippen molar-refractivity contribution < 1.29 is 23.8 Å². The van der Waals surface area contributed by atoms with Crippen LogP contribution in [0.2, 0.25) is 5.02 Å². The number of aryl methyl sites for hydroxylation is 1. The number of halogens is 2. The number of alkyl halides is 1. The third kappa shape index (κ3) is 6.27. The predicted octanol–water partition coefficient (Wildman–Crippen LogP) is 6.14. The molecule has 0 radical (unpaired) electrons. The van der Waals surface area contributed by atoms with Gasteiger partial charge in [0.05, 0.1) is 58.6 Å². The van der Waals surface area contributed by atoms with Crippen molar-refractivity contribution in [2.24, 2.45) is 5.92 Å². The third-order valence-corrected chi connectivity index (χ3v) is 8.65. The molecule has 1 saturated carbocycles. The van der Waals surface area contributed by atoms with Crippen molar-refractivity contribution in [3.05, 3.63) is 52.5 Å². The molecule has 5 rings (SSSR count). The summed E-state index contributed by atoms with van der Waals surface area (Å²) in [5.74, 6) is -1.23. The van der Waals surface area contributed by atoms with Crippen LogP contribution < -0.4 is 5.32 Å². The molecule has 1 aliphatic heterocycles. The van der Waals surface area contributed by atoms with E-state index in [-0.39, 0.29) is 50.0 Å². The van der Waals surface area contributed by atoms with Gasteiger partial charge in [0.1, 0.15) is 6.17 Å². The number of thiazole rings is 1. The number of carboxylic acids is 1. The Balaban J connectivity index is 1.17. The molecule has 1 saturated heterocycles. The zero-order valence-electron chi connectivity index (χ0n) is 21.2. The van der Waals surface area contributed by atoms with Crippen LogP contribution >= 0.6 is 22.9 Å². The quantitative estimate of drug-likeness (QED) is 0.344. The molecule has 1 aliphatic carbocycles. The second-order valence-corrected chi connectivity index (χ2v) is 11.7. The summed E-state index contributed by atoms with van der Waals surface area (Å²) in [5, 5.41) is 13.7. The topological polar surface area (TPSA) is 91.8 Å². The minimum atomic E-state index is -1.08. The Labute approximate surface area is 230 Å². The molecular formula is C28H31ClFN3O4S. The van der Waals surface area contributed by atoms with E-state index < -0.39 is 12.1 Å². The second-order valence-electron chi connectivity index (χ2n) is 10.3. The highest BCUT2D eigenvalue weighted by Crippen LogP contribution is 2.33. The van der Waals surface area contributed by atoms with Crippen LogP contribution in [0.1, 0.15) is 43.2 Å². The molecule has 2 aliphatic rings. The number of hydrogen-bond donors (Lipinski definition) is 2. The maximum Gasteiger partial charge on any atom is 0.306 e. The van der Waals surface area contributed by atoms with Gasteiger partial charge in [-0.05, 0) is 68.0 Å². The molecule has 2 aromatic carbocycles. The maximum absolute atomic E-state index is 14.3. The first-order valence-corrected chi connectivity index (χ1v) is 14.1.